The molecule has 0 bridgehead atoms. The largest absolute Gasteiger partial charge is 0.416 e. The standard InChI is InChI=1S/C21H24F3IN4O/c1-27-17(20(30)29-12-8-16(9-13-29)28-10-2-3-11-28)18(25)26-19(27)14-4-6-15(7-5-14)21(22,23)24/h4-7,16H,2-3,8-13H2,1H3. The number of aromatic nitrogens is 2. The fourth-order valence-corrected chi connectivity index (χ4v) is 5.28. The first-order chi connectivity index (χ1) is 14.3. The van der Waals surface area contributed by atoms with Crippen LogP contribution in [-0.4, -0.2) is 57.5 Å². The zero-order valence-corrected chi connectivity index (χ0v) is 18.9. The van der Waals surface area contributed by atoms with E-state index in [1.54, 1.807) is 11.6 Å². The van der Waals surface area contributed by atoms with Crippen LogP contribution in [0.1, 0.15) is 41.7 Å². The van der Waals surface area contributed by atoms with Gasteiger partial charge in [-0.1, -0.05) is 12.1 Å². The molecule has 2 saturated heterocycles. The second-order valence-corrected chi connectivity index (χ2v) is 9.00. The number of nitrogens with zero attached hydrogens (tertiary/aromatic N) is 4. The maximum atomic E-state index is 13.2. The summed E-state index contributed by atoms with van der Waals surface area (Å²) in [7, 11) is 1.74. The van der Waals surface area contributed by atoms with Gasteiger partial charge in [-0.05, 0) is 73.5 Å². The Morgan fingerprint density at radius 2 is 1.67 bits per heavy atom. The number of halogens is 4. The summed E-state index contributed by atoms with van der Waals surface area (Å²) in [6.45, 7) is 3.76. The van der Waals surface area contributed by atoms with E-state index in [4.69, 9.17) is 0 Å². The van der Waals surface area contributed by atoms with Crippen molar-refractivity contribution in [2.75, 3.05) is 26.2 Å². The quantitative estimate of drug-likeness (QED) is 0.551. The lowest BCUT2D eigenvalue weighted by molar-refractivity contribution is -0.137. The molecule has 0 atom stereocenters. The van der Waals surface area contributed by atoms with E-state index in [0.717, 1.165) is 51.2 Å². The van der Waals surface area contributed by atoms with E-state index in [-0.39, 0.29) is 5.91 Å². The summed E-state index contributed by atoms with van der Waals surface area (Å²) in [5.41, 5.74) is 0.340. The second-order valence-electron chi connectivity index (χ2n) is 7.98. The highest BCUT2D eigenvalue weighted by Gasteiger charge is 2.32. The molecule has 0 N–H and O–H groups in total. The number of piperidine rings is 1. The predicted octanol–water partition coefficient (Wildman–Crippen LogP) is 4.41. The molecule has 4 rings (SSSR count). The number of hydrogen-bond acceptors (Lipinski definition) is 3. The predicted molar refractivity (Wildman–Crippen MR) is 116 cm³/mol. The fourth-order valence-electron chi connectivity index (χ4n) is 4.45. The van der Waals surface area contributed by atoms with Crippen LogP contribution in [0.15, 0.2) is 24.3 Å². The third-order valence-corrected chi connectivity index (χ3v) is 6.89. The van der Waals surface area contributed by atoms with Gasteiger partial charge >= 0.3 is 6.18 Å². The molecule has 9 heteroatoms. The van der Waals surface area contributed by atoms with Crippen LogP contribution in [0.4, 0.5) is 13.2 Å². The van der Waals surface area contributed by atoms with E-state index in [2.05, 4.69) is 9.88 Å². The zero-order chi connectivity index (χ0) is 21.5. The lowest BCUT2D eigenvalue weighted by atomic mass is 10.0. The number of alkyl halides is 3. The van der Waals surface area contributed by atoms with Crippen molar-refractivity contribution in [3.63, 3.8) is 0 Å². The van der Waals surface area contributed by atoms with Gasteiger partial charge in [-0.3, -0.25) is 4.79 Å². The molecule has 1 aromatic heterocycles. The number of carbonyl (C=O) groups excluding carboxylic acids is 1. The molecule has 2 fully saturated rings. The third kappa shape index (κ3) is 4.23. The van der Waals surface area contributed by atoms with Crippen molar-refractivity contribution in [3.05, 3.63) is 39.2 Å². The van der Waals surface area contributed by atoms with Crippen molar-refractivity contribution in [3.8, 4) is 11.4 Å². The zero-order valence-electron chi connectivity index (χ0n) is 16.8. The van der Waals surface area contributed by atoms with Crippen molar-refractivity contribution in [1.82, 2.24) is 19.4 Å². The Balaban J connectivity index is 1.50. The smallest absolute Gasteiger partial charge is 0.337 e. The second kappa shape index (κ2) is 8.49. The Morgan fingerprint density at radius 1 is 1.07 bits per heavy atom. The number of benzene rings is 1. The minimum Gasteiger partial charge on any atom is -0.337 e. The van der Waals surface area contributed by atoms with Crippen LogP contribution in [0.25, 0.3) is 11.4 Å². The SMILES string of the molecule is Cn1c(-c2ccc(C(F)(F)F)cc2)nc(I)c1C(=O)N1CCC(N2CCCC2)CC1. The van der Waals surface area contributed by atoms with Crippen LogP contribution in [-0.2, 0) is 13.2 Å². The van der Waals surface area contributed by atoms with E-state index < -0.39 is 11.7 Å². The summed E-state index contributed by atoms with van der Waals surface area (Å²) >= 11 is 2.03. The Labute approximate surface area is 187 Å². The molecule has 0 saturated carbocycles. The van der Waals surface area contributed by atoms with Crippen LogP contribution in [0.2, 0.25) is 0 Å². The average Bonchev–Trinajstić information content (AvgIpc) is 3.35. The molecule has 5 nitrogen and oxygen atoms in total. The van der Waals surface area contributed by atoms with Gasteiger partial charge in [0.25, 0.3) is 5.91 Å². The molecule has 1 aromatic carbocycles. The van der Waals surface area contributed by atoms with Gasteiger partial charge in [-0.25, -0.2) is 4.98 Å². The molecule has 0 unspecified atom stereocenters. The summed E-state index contributed by atoms with van der Waals surface area (Å²) in [4.78, 5) is 22.1. The van der Waals surface area contributed by atoms with Gasteiger partial charge in [-0.15, -0.1) is 0 Å². The van der Waals surface area contributed by atoms with Crippen molar-refractivity contribution in [2.45, 2.75) is 37.9 Å². The van der Waals surface area contributed by atoms with Gasteiger partial charge in [0.2, 0.25) is 0 Å². The topological polar surface area (TPSA) is 41.4 Å². The Morgan fingerprint density at radius 3 is 2.23 bits per heavy atom. The molecule has 2 aliphatic heterocycles. The summed E-state index contributed by atoms with van der Waals surface area (Å²) in [6.07, 6.45) is 0.104. The van der Waals surface area contributed by atoms with E-state index in [1.807, 2.05) is 27.5 Å². The average molecular weight is 532 g/mol. The van der Waals surface area contributed by atoms with Gasteiger partial charge in [0.15, 0.2) is 0 Å². The van der Waals surface area contributed by atoms with E-state index in [9.17, 15) is 18.0 Å². The fraction of sp³-hybridized carbons (Fsp3) is 0.524. The van der Waals surface area contributed by atoms with Crippen molar-refractivity contribution in [2.24, 2.45) is 7.05 Å². The minimum atomic E-state index is -4.38. The van der Waals surface area contributed by atoms with Crippen LogP contribution >= 0.6 is 22.6 Å². The maximum Gasteiger partial charge on any atom is 0.416 e. The molecule has 0 spiro atoms. The van der Waals surface area contributed by atoms with E-state index >= 15 is 0 Å². The number of likely N-dealkylation sites (tertiary alicyclic amines) is 2. The highest BCUT2D eigenvalue weighted by atomic mass is 127. The monoisotopic (exact) mass is 532 g/mol. The minimum absolute atomic E-state index is 0.0626. The molecule has 30 heavy (non-hydrogen) atoms. The first kappa shape index (κ1) is 21.6. The molecule has 0 aliphatic carbocycles. The molecule has 162 valence electrons. The van der Waals surface area contributed by atoms with Gasteiger partial charge < -0.3 is 14.4 Å². The highest BCUT2D eigenvalue weighted by molar-refractivity contribution is 14.1. The van der Waals surface area contributed by atoms with Gasteiger partial charge in [0, 0.05) is 31.7 Å². The summed E-state index contributed by atoms with van der Waals surface area (Å²) < 4.78 is 40.8. The van der Waals surface area contributed by atoms with Crippen molar-refractivity contribution in [1.29, 1.82) is 0 Å². The number of hydrogen-bond donors (Lipinski definition) is 0. The Bertz CT molecular complexity index is 912. The van der Waals surface area contributed by atoms with Crippen LogP contribution < -0.4 is 0 Å². The lowest BCUT2D eigenvalue weighted by Gasteiger charge is -2.36. The Hall–Kier alpha value is -1.62. The lowest BCUT2D eigenvalue weighted by Crippen LogP contribution is -2.46. The molecule has 3 heterocycles. The maximum absolute atomic E-state index is 13.2. The summed E-state index contributed by atoms with van der Waals surface area (Å²) in [5.74, 6) is 0.427. The van der Waals surface area contributed by atoms with E-state index in [1.165, 1.54) is 25.0 Å². The van der Waals surface area contributed by atoms with Gasteiger partial charge in [0.1, 0.15) is 15.2 Å². The normalized spacial score (nSPS) is 18.9. The number of rotatable bonds is 3. The number of amides is 1. The molecule has 1 amide bonds. The Kier molecular flexibility index (Phi) is 6.11. The summed E-state index contributed by atoms with van der Waals surface area (Å²) in [6, 6.07) is 5.45. The number of carbonyl (C=O) groups is 1. The van der Waals surface area contributed by atoms with E-state index in [0.29, 0.717) is 26.8 Å². The highest BCUT2D eigenvalue weighted by Crippen LogP contribution is 2.32. The molecule has 0 radical (unpaired) electrons. The van der Waals surface area contributed by atoms with Crippen LogP contribution in [0.5, 0.6) is 0 Å². The van der Waals surface area contributed by atoms with Crippen LogP contribution in [0, 0.1) is 3.70 Å². The van der Waals surface area contributed by atoms with Crippen molar-refractivity contribution < 1.29 is 18.0 Å². The molecular weight excluding hydrogens is 508 g/mol. The van der Waals surface area contributed by atoms with Gasteiger partial charge in [-0.2, -0.15) is 13.2 Å². The van der Waals surface area contributed by atoms with Gasteiger partial charge in [0.05, 0.1) is 5.56 Å². The molecule has 2 aromatic rings. The van der Waals surface area contributed by atoms with Crippen LogP contribution in [0.3, 0.4) is 0 Å². The first-order valence-electron chi connectivity index (χ1n) is 10.2. The molecular formula is C21H24F3IN4O. The summed E-state index contributed by atoms with van der Waals surface area (Å²) in [5, 5.41) is 0. The van der Waals surface area contributed by atoms with Crippen molar-refractivity contribution >= 4 is 28.5 Å². The number of imidazole rings is 1. The first-order valence-corrected chi connectivity index (χ1v) is 11.3. The third-order valence-electron chi connectivity index (χ3n) is 6.13. The molecule has 2 aliphatic rings.